The molecule has 0 aliphatic heterocycles. The monoisotopic (exact) mass is 341 g/mol. The van der Waals surface area contributed by atoms with E-state index in [4.69, 9.17) is 9.47 Å². The number of aryl methyl sites for hydroxylation is 4. The third kappa shape index (κ3) is 5.64. The Labute approximate surface area is 148 Å². The van der Waals surface area contributed by atoms with Crippen LogP contribution in [0, 0.1) is 27.7 Å². The minimum atomic E-state index is -0.589. The predicted octanol–water partition coefficient (Wildman–Crippen LogP) is 3.48. The minimum absolute atomic E-state index is 0.237. The molecule has 0 saturated carbocycles. The van der Waals surface area contributed by atoms with Crippen LogP contribution in [-0.4, -0.2) is 25.1 Å². The third-order valence-electron chi connectivity index (χ3n) is 3.99. The second-order valence-electron chi connectivity index (χ2n) is 6.04. The van der Waals surface area contributed by atoms with Gasteiger partial charge in [0.05, 0.1) is 0 Å². The van der Waals surface area contributed by atoms with Crippen LogP contribution >= 0.6 is 0 Å². The molecule has 0 aromatic heterocycles. The average molecular weight is 341 g/mol. The summed E-state index contributed by atoms with van der Waals surface area (Å²) in [7, 11) is 0. The van der Waals surface area contributed by atoms with Gasteiger partial charge in [-0.25, -0.2) is 4.79 Å². The summed E-state index contributed by atoms with van der Waals surface area (Å²) in [5.41, 5.74) is 5.14. The summed E-state index contributed by atoms with van der Waals surface area (Å²) in [6.07, 6.45) is 0. The van der Waals surface area contributed by atoms with Crippen molar-refractivity contribution in [2.45, 2.75) is 27.7 Å². The zero-order valence-corrected chi connectivity index (χ0v) is 15.0. The lowest BCUT2D eigenvalue weighted by atomic mass is 10.1. The second-order valence-corrected chi connectivity index (χ2v) is 6.04. The number of hydrogen-bond acceptors (Lipinski definition) is 4. The molecule has 5 nitrogen and oxygen atoms in total. The van der Waals surface area contributed by atoms with E-state index in [-0.39, 0.29) is 19.1 Å². The second kappa shape index (κ2) is 8.33. The topological polar surface area (TPSA) is 64.6 Å². The number of carbonyl (C=O) groups excluding carboxylic acids is 2. The molecule has 0 saturated heterocycles. The lowest BCUT2D eigenvalue weighted by Crippen LogP contribution is -2.23. The van der Waals surface area contributed by atoms with Gasteiger partial charge in [0.2, 0.25) is 0 Å². The number of esters is 1. The van der Waals surface area contributed by atoms with Crippen molar-refractivity contribution in [2.24, 2.45) is 0 Å². The number of benzene rings is 2. The molecule has 2 aromatic carbocycles. The Balaban J connectivity index is 1.76. The van der Waals surface area contributed by atoms with E-state index in [1.165, 1.54) is 0 Å². The van der Waals surface area contributed by atoms with Crippen molar-refractivity contribution < 1.29 is 19.1 Å². The predicted molar refractivity (Wildman–Crippen MR) is 96.9 cm³/mol. The molecule has 0 atom stereocenters. The number of ether oxygens (including phenoxy) is 2. The first kappa shape index (κ1) is 18.5. The number of anilines is 1. The Bertz CT molecular complexity index is 783. The van der Waals surface area contributed by atoms with Gasteiger partial charge in [-0.15, -0.1) is 0 Å². The molecule has 1 N–H and O–H groups in total. The Morgan fingerprint density at radius 3 is 2.12 bits per heavy atom. The number of rotatable bonds is 6. The number of carbonyl (C=O) groups is 2. The smallest absolute Gasteiger partial charge is 0.344 e. The molecule has 5 heteroatoms. The summed E-state index contributed by atoms with van der Waals surface area (Å²) in [6, 6.07) is 11.2. The van der Waals surface area contributed by atoms with E-state index >= 15 is 0 Å². The molecule has 0 unspecified atom stereocenters. The maximum Gasteiger partial charge on any atom is 0.344 e. The quantitative estimate of drug-likeness (QED) is 0.817. The van der Waals surface area contributed by atoms with Crippen LogP contribution < -0.4 is 10.1 Å². The molecule has 2 rings (SSSR count). The summed E-state index contributed by atoms with van der Waals surface area (Å²) in [5.74, 6) is -0.379. The highest BCUT2D eigenvalue weighted by atomic mass is 16.6. The van der Waals surface area contributed by atoms with E-state index in [1.54, 1.807) is 6.07 Å². The Hall–Kier alpha value is -2.82. The van der Waals surface area contributed by atoms with E-state index in [0.717, 1.165) is 22.3 Å². The molecule has 0 spiro atoms. The first-order chi connectivity index (χ1) is 11.8. The molecular formula is C20H23NO4. The van der Waals surface area contributed by atoms with Crippen molar-refractivity contribution in [2.75, 3.05) is 18.5 Å². The highest BCUT2D eigenvalue weighted by Gasteiger charge is 2.09. The van der Waals surface area contributed by atoms with Gasteiger partial charge >= 0.3 is 5.97 Å². The third-order valence-corrected chi connectivity index (χ3v) is 3.99. The molecule has 132 valence electrons. The van der Waals surface area contributed by atoms with Crippen molar-refractivity contribution in [3.05, 3.63) is 58.7 Å². The summed E-state index contributed by atoms with van der Waals surface area (Å²) >= 11 is 0. The fourth-order valence-corrected chi connectivity index (χ4v) is 2.15. The van der Waals surface area contributed by atoms with Gasteiger partial charge in [0, 0.05) is 5.69 Å². The van der Waals surface area contributed by atoms with Crippen molar-refractivity contribution in [1.29, 1.82) is 0 Å². The largest absolute Gasteiger partial charge is 0.482 e. The van der Waals surface area contributed by atoms with E-state index in [2.05, 4.69) is 5.32 Å². The molecule has 2 aromatic rings. The molecule has 1 amide bonds. The zero-order chi connectivity index (χ0) is 18.4. The van der Waals surface area contributed by atoms with Crippen LogP contribution in [0.1, 0.15) is 22.3 Å². The maximum absolute atomic E-state index is 11.8. The Kier molecular flexibility index (Phi) is 6.17. The molecule has 25 heavy (non-hydrogen) atoms. The van der Waals surface area contributed by atoms with Gasteiger partial charge in [-0.1, -0.05) is 12.1 Å². The van der Waals surface area contributed by atoms with Gasteiger partial charge in [-0.05, 0) is 74.2 Å². The molecule has 0 aliphatic rings. The molecular weight excluding hydrogens is 318 g/mol. The molecule has 0 fully saturated rings. The van der Waals surface area contributed by atoms with E-state index < -0.39 is 5.97 Å². The number of hydrogen-bond donors (Lipinski definition) is 1. The number of amides is 1. The highest BCUT2D eigenvalue weighted by molar-refractivity contribution is 5.93. The molecule has 0 radical (unpaired) electrons. The van der Waals surface area contributed by atoms with Crippen molar-refractivity contribution >= 4 is 17.6 Å². The zero-order valence-electron chi connectivity index (χ0n) is 15.0. The summed E-state index contributed by atoms with van der Waals surface area (Å²) in [5, 5.41) is 2.70. The van der Waals surface area contributed by atoms with Gasteiger partial charge in [-0.3, -0.25) is 4.79 Å². The first-order valence-electron chi connectivity index (χ1n) is 8.08. The van der Waals surface area contributed by atoms with Crippen LogP contribution in [0.5, 0.6) is 5.75 Å². The van der Waals surface area contributed by atoms with E-state index in [1.807, 2.05) is 58.0 Å². The van der Waals surface area contributed by atoms with Crippen molar-refractivity contribution in [1.82, 2.24) is 0 Å². The molecule has 0 aliphatic carbocycles. The molecule has 0 bridgehead atoms. The summed E-state index contributed by atoms with van der Waals surface area (Å²) in [6.45, 7) is 7.36. The van der Waals surface area contributed by atoms with Crippen LogP contribution in [-0.2, 0) is 14.3 Å². The van der Waals surface area contributed by atoms with Crippen LogP contribution in [0.4, 0.5) is 5.69 Å². The lowest BCUT2D eigenvalue weighted by molar-refractivity contribution is -0.149. The number of nitrogens with one attached hydrogen (secondary N) is 1. The highest BCUT2D eigenvalue weighted by Crippen LogP contribution is 2.16. The molecule has 0 heterocycles. The van der Waals surface area contributed by atoms with Crippen LogP contribution in [0.25, 0.3) is 0 Å². The van der Waals surface area contributed by atoms with Gasteiger partial charge in [0.15, 0.2) is 13.2 Å². The first-order valence-corrected chi connectivity index (χ1v) is 8.08. The summed E-state index contributed by atoms with van der Waals surface area (Å²) in [4.78, 5) is 23.5. The van der Waals surface area contributed by atoms with Gasteiger partial charge in [0.1, 0.15) is 5.75 Å². The van der Waals surface area contributed by atoms with Gasteiger partial charge in [-0.2, -0.15) is 0 Å². The lowest BCUT2D eigenvalue weighted by Gasteiger charge is -2.10. The maximum atomic E-state index is 11.8. The average Bonchev–Trinajstić information content (AvgIpc) is 2.57. The van der Waals surface area contributed by atoms with Crippen molar-refractivity contribution in [3.63, 3.8) is 0 Å². The van der Waals surface area contributed by atoms with Gasteiger partial charge in [0.25, 0.3) is 5.91 Å². The fourth-order valence-electron chi connectivity index (χ4n) is 2.15. The van der Waals surface area contributed by atoms with Crippen molar-refractivity contribution in [3.8, 4) is 5.75 Å². The Morgan fingerprint density at radius 1 is 0.840 bits per heavy atom. The van der Waals surface area contributed by atoms with Gasteiger partial charge < -0.3 is 14.8 Å². The standard InChI is InChI=1S/C20H23NO4/c1-13-5-7-17(9-15(13)3)21-19(22)11-25-20(23)12-24-18-8-6-14(2)16(4)10-18/h5-10H,11-12H2,1-4H3,(H,21,22). The summed E-state index contributed by atoms with van der Waals surface area (Å²) < 4.78 is 10.3. The van der Waals surface area contributed by atoms with Crippen LogP contribution in [0.3, 0.4) is 0 Å². The van der Waals surface area contributed by atoms with E-state index in [0.29, 0.717) is 11.4 Å². The normalized spacial score (nSPS) is 10.2. The SMILES string of the molecule is Cc1ccc(NC(=O)COC(=O)COc2ccc(C)c(C)c2)cc1C. The van der Waals surface area contributed by atoms with Crippen LogP contribution in [0.2, 0.25) is 0 Å². The Morgan fingerprint density at radius 2 is 1.48 bits per heavy atom. The van der Waals surface area contributed by atoms with E-state index in [9.17, 15) is 9.59 Å². The fraction of sp³-hybridized carbons (Fsp3) is 0.300. The van der Waals surface area contributed by atoms with Crippen LogP contribution in [0.15, 0.2) is 36.4 Å². The minimum Gasteiger partial charge on any atom is -0.482 e.